The van der Waals surface area contributed by atoms with E-state index in [9.17, 15) is 9.90 Å². The van der Waals surface area contributed by atoms with Crippen LogP contribution in [0.15, 0.2) is 24.3 Å². The Bertz CT molecular complexity index is 421. The molecule has 2 radical (unpaired) electrons. The van der Waals surface area contributed by atoms with E-state index in [2.05, 4.69) is 6.92 Å². The number of phenols is 1. The first-order chi connectivity index (χ1) is 10.8. The molecule has 1 rings (SSSR count). The van der Waals surface area contributed by atoms with Crippen molar-refractivity contribution in [2.24, 2.45) is 0 Å². The quantitative estimate of drug-likeness (QED) is 0.330. The van der Waals surface area contributed by atoms with Gasteiger partial charge >= 0.3 is 5.97 Å². The molecule has 1 aromatic carbocycles. The second kappa shape index (κ2) is 14.8. The fourth-order valence-corrected chi connectivity index (χ4v) is 2.48. The molecule has 0 aromatic heterocycles. The second-order valence-corrected chi connectivity index (χ2v) is 5.84. The molecule has 0 saturated carbocycles. The fraction of sp³-hybridized carbons (Fsp3) is 0.632. The van der Waals surface area contributed by atoms with Crippen LogP contribution in [0.4, 0.5) is 0 Å². The molecule has 0 aliphatic rings. The first kappa shape index (κ1) is 22.3. The van der Waals surface area contributed by atoms with Crippen molar-refractivity contribution < 1.29 is 14.6 Å². The molecule has 3 nitrogen and oxygen atoms in total. The van der Waals surface area contributed by atoms with Gasteiger partial charge in [0.15, 0.2) is 0 Å². The Kier molecular flexibility index (Phi) is 14.3. The Morgan fingerprint density at radius 2 is 1.43 bits per heavy atom. The average Bonchev–Trinajstić information content (AvgIpc) is 2.53. The number of carbonyl (C=O) groups excluding carboxylic acids is 1. The summed E-state index contributed by atoms with van der Waals surface area (Å²) < 4.78 is 5.18. The molecular formula is C19H30MgO3. The molecule has 0 aliphatic heterocycles. The van der Waals surface area contributed by atoms with Crippen LogP contribution in [-0.4, -0.2) is 40.7 Å². The van der Waals surface area contributed by atoms with Crippen LogP contribution in [0.1, 0.15) is 81.5 Å². The minimum atomic E-state index is -0.436. The number of hydrogen-bond acceptors (Lipinski definition) is 3. The summed E-state index contributed by atoms with van der Waals surface area (Å²) in [4.78, 5) is 11.7. The van der Waals surface area contributed by atoms with Gasteiger partial charge in [-0.1, -0.05) is 76.8 Å². The van der Waals surface area contributed by atoms with E-state index in [1.807, 2.05) is 0 Å². The molecule has 0 bridgehead atoms. The molecule has 126 valence electrons. The number of unbranched alkanes of at least 4 members (excludes halogenated alkanes) is 9. The van der Waals surface area contributed by atoms with Gasteiger partial charge in [-0.15, -0.1) is 0 Å². The van der Waals surface area contributed by atoms with Crippen molar-refractivity contribution in [3.63, 3.8) is 0 Å². The summed E-state index contributed by atoms with van der Waals surface area (Å²) in [6.07, 6.45) is 12.6. The van der Waals surface area contributed by atoms with Crippen molar-refractivity contribution in [2.45, 2.75) is 71.1 Å². The standard InChI is InChI=1S/C19H30O3.Mg/c1-2-3-4-5-6-7-8-9-10-13-16-22-19(21)17-14-11-12-15-18(17)20;/h11-12,14-15,20H,2-10,13,16H2,1H3;. The molecule has 4 heteroatoms. The number of hydrogen-bond donors (Lipinski definition) is 1. The third-order valence-electron chi connectivity index (χ3n) is 3.86. The molecule has 0 saturated heterocycles. The van der Waals surface area contributed by atoms with E-state index in [4.69, 9.17) is 4.74 Å². The minimum Gasteiger partial charge on any atom is -0.507 e. The molecule has 23 heavy (non-hydrogen) atoms. The summed E-state index contributed by atoms with van der Waals surface area (Å²) in [6, 6.07) is 6.48. The van der Waals surface area contributed by atoms with Crippen LogP contribution < -0.4 is 0 Å². The highest BCUT2D eigenvalue weighted by Crippen LogP contribution is 2.17. The van der Waals surface area contributed by atoms with Crippen molar-refractivity contribution in [1.82, 2.24) is 0 Å². The van der Waals surface area contributed by atoms with Gasteiger partial charge in [-0.25, -0.2) is 4.79 Å². The highest BCUT2D eigenvalue weighted by atomic mass is 24.3. The smallest absolute Gasteiger partial charge is 0.341 e. The Morgan fingerprint density at radius 3 is 2.00 bits per heavy atom. The SMILES string of the molecule is CCCCCCCCCCCCOC(=O)c1ccccc1O.[Mg]. The topological polar surface area (TPSA) is 46.5 Å². The number of ether oxygens (including phenoxy) is 1. The normalized spacial score (nSPS) is 10.1. The number of benzene rings is 1. The van der Waals surface area contributed by atoms with Crippen LogP contribution in [-0.2, 0) is 4.74 Å². The summed E-state index contributed by atoms with van der Waals surface area (Å²) >= 11 is 0. The lowest BCUT2D eigenvalue weighted by Gasteiger charge is -2.06. The van der Waals surface area contributed by atoms with Crippen molar-refractivity contribution >= 4 is 29.0 Å². The molecular weight excluding hydrogens is 301 g/mol. The van der Waals surface area contributed by atoms with Gasteiger partial charge in [0.05, 0.1) is 6.61 Å². The average molecular weight is 331 g/mol. The molecule has 0 fully saturated rings. The van der Waals surface area contributed by atoms with E-state index in [1.165, 1.54) is 57.4 Å². The Hall–Kier alpha value is -0.744. The van der Waals surface area contributed by atoms with Gasteiger partial charge in [0, 0.05) is 23.1 Å². The number of phenolic OH excluding ortho intramolecular Hbond substituents is 1. The summed E-state index contributed by atoms with van der Waals surface area (Å²) in [5, 5.41) is 9.56. The molecule has 0 amide bonds. The fourth-order valence-electron chi connectivity index (χ4n) is 2.48. The first-order valence-electron chi connectivity index (χ1n) is 8.70. The Morgan fingerprint density at radius 1 is 0.913 bits per heavy atom. The molecule has 0 atom stereocenters. The van der Waals surface area contributed by atoms with Gasteiger partial charge in [-0.3, -0.25) is 0 Å². The predicted octanol–water partition coefficient (Wildman–Crippen LogP) is 5.09. The number of para-hydroxylation sites is 1. The maximum absolute atomic E-state index is 11.7. The van der Waals surface area contributed by atoms with E-state index < -0.39 is 5.97 Å². The number of esters is 1. The maximum atomic E-state index is 11.7. The summed E-state index contributed by atoms with van der Waals surface area (Å²) in [5.41, 5.74) is 0.245. The first-order valence-corrected chi connectivity index (χ1v) is 8.70. The van der Waals surface area contributed by atoms with Crippen molar-refractivity contribution in [2.75, 3.05) is 6.61 Å². The van der Waals surface area contributed by atoms with E-state index in [1.54, 1.807) is 18.2 Å². The zero-order chi connectivity index (χ0) is 16.0. The summed E-state index contributed by atoms with van der Waals surface area (Å²) in [6.45, 7) is 2.68. The molecule has 0 unspecified atom stereocenters. The predicted molar refractivity (Wildman–Crippen MR) is 96.0 cm³/mol. The number of aromatic hydroxyl groups is 1. The highest BCUT2D eigenvalue weighted by Gasteiger charge is 2.10. The van der Waals surface area contributed by atoms with Gasteiger partial charge in [0.2, 0.25) is 0 Å². The van der Waals surface area contributed by atoms with Crippen LogP contribution in [0, 0.1) is 0 Å². The van der Waals surface area contributed by atoms with E-state index >= 15 is 0 Å². The second-order valence-electron chi connectivity index (χ2n) is 5.84. The summed E-state index contributed by atoms with van der Waals surface area (Å²) in [5.74, 6) is -0.454. The van der Waals surface area contributed by atoms with Crippen LogP contribution in [0.5, 0.6) is 5.75 Å². The molecule has 0 spiro atoms. The van der Waals surface area contributed by atoms with Crippen LogP contribution in [0.3, 0.4) is 0 Å². The van der Waals surface area contributed by atoms with E-state index in [0.717, 1.165) is 12.8 Å². The van der Waals surface area contributed by atoms with Crippen molar-refractivity contribution in [1.29, 1.82) is 0 Å². The van der Waals surface area contributed by atoms with E-state index in [0.29, 0.717) is 6.61 Å². The maximum Gasteiger partial charge on any atom is 0.341 e. The van der Waals surface area contributed by atoms with Gasteiger partial charge in [0.1, 0.15) is 11.3 Å². The third-order valence-corrected chi connectivity index (χ3v) is 3.86. The lowest BCUT2D eigenvalue weighted by atomic mass is 10.1. The highest BCUT2D eigenvalue weighted by molar-refractivity contribution is 5.92. The molecule has 1 N–H and O–H groups in total. The monoisotopic (exact) mass is 330 g/mol. The third kappa shape index (κ3) is 10.6. The van der Waals surface area contributed by atoms with Gasteiger partial charge in [-0.05, 0) is 18.6 Å². The van der Waals surface area contributed by atoms with Crippen LogP contribution >= 0.6 is 0 Å². The Labute approximate surface area is 157 Å². The Balaban J connectivity index is 0.00000484. The van der Waals surface area contributed by atoms with Gasteiger partial charge < -0.3 is 9.84 Å². The molecule has 1 aromatic rings. The largest absolute Gasteiger partial charge is 0.507 e. The van der Waals surface area contributed by atoms with Gasteiger partial charge in [-0.2, -0.15) is 0 Å². The number of rotatable bonds is 12. The lowest BCUT2D eigenvalue weighted by molar-refractivity contribution is 0.0494. The minimum absolute atomic E-state index is 0. The lowest BCUT2D eigenvalue weighted by Crippen LogP contribution is -2.06. The number of carbonyl (C=O) groups is 1. The molecule has 0 heterocycles. The van der Waals surface area contributed by atoms with Crippen molar-refractivity contribution in [3.05, 3.63) is 29.8 Å². The van der Waals surface area contributed by atoms with Gasteiger partial charge in [0.25, 0.3) is 0 Å². The van der Waals surface area contributed by atoms with Crippen LogP contribution in [0.2, 0.25) is 0 Å². The summed E-state index contributed by atoms with van der Waals surface area (Å²) in [7, 11) is 0. The van der Waals surface area contributed by atoms with E-state index in [-0.39, 0.29) is 34.4 Å². The zero-order valence-corrected chi connectivity index (χ0v) is 16.0. The zero-order valence-electron chi connectivity index (χ0n) is 14.6. The molecule has 0 aliphatic carbocycles. The van der Waals surface area contributed by atoms with Crippen molar-refractivity contribution in [3.8, 4) is 5.75 Å². The van der Waals surface area contributed by atoms with Crippen LogP contribution in [0.25, 0.3) is 0 Å².